The number of nitrogens with zero attached hydrogens (tertiary/aromatic N) is 5. The number of ether oxygens (including phenoxy) is 1. The van der Waals surface area contributed by atoms with Crippen LogP contribution in [-0.4, -0.2) is 37.2 Å². The Kier molecular flexibility index (Phi) is 7.97. The summed E-state index contributed by atoms with van der Waals surface area (Å²) in [6.45, 7) is 4.94. The molecule has 46 heavy (non-hydrogen) atoms. The lowest BCUT2D eigenvalue weighted by Gasteiger charge is -2.16. The minimum Gasteiger partial charge on any atom is -0.491 e. The maximum absolute atomic E-state index is 14.7. The number of benzene rings is 2. The van der Waals surface area contributed by atoms with Gasteiger partial charge in [-0.25, -0.2) is 23.5 Å². The summed E-state index contributed by atoms with van der Waals surface area (Å²) in [4.78, 5) is 38.9. The maximum Gasteiger partial charge on any atom is 0.338 e. The van der Waals surface area contributed by atoms with Crippen LogP contribution in [-0.2, 0) is 6.54 Å². The average Bonchev–Trinajstić information content (AvgIpc) is 3.43. The first kappa shape index (κ1) is 30.8. The largest absolute Gasteiger partial charge is 0.491 e. The lowest BCUT2D eigenvalue weighted by molar-refractivity contribution is 0.0699. The van der Waals surface area contributed by atoms with Crippen LogP contribution in [0.4, 0.5) is 8.78 Å². The highest BCUT2D eigenvalue weighted by Crippen LogP contribution is 2.40. The molecule has 0 saturated heterocycles. The second-order valence-electron chi connectivity index (χ2n) is 10.4. The first-order chi connectivity index (χ1) is 22.0. The molecule has 1 N–H and O–H groups in total. The third kappa shape index (κ3) is 5.23. The SMILES string of the molecule is Cc1cc(-c2cc(Cl)ccc2OCCn2c(C)nc3c(C)nc(-c4c(F)cccc4F)c(C#N)c3c2=O)c2scc(C(=O)O)c2n1. The number of fused-ring (bicyclic) bond motifs is 2. The summed E-state index contributed by atoms with van der Waals surface area (Å²) in [5.41, 5.74) is 1.08. The minimum absolute atomic E-state index is 0.0122. The summed E-state index contributed by atoms with van der Waals surface area (Å²) < 4.78 is 37.6. The summed E-state index contributed by atoms with van der Waals surface area (Å²) in [5, 5.41) is 21.6. The van der Waals surface area contributed by atoms with Crippen LogP contribution in [0, 0.1) is 43.7 Å². The number of carbonyl (C=O) groups is 1. The Morgan fingerprint density at radius 2 is 1.80 bits per heavy atom. The van der Waals surface area contributed by atoms with E-state index in [9.17, 15) is 28.7 Å². The molecule has 0 spiro atoms. The molecule has 4 aromatic heterocycles. The fourth-order valence-electron chi connectivity index (χ4n) is 5.39. The van der Waals surface area contributed by atoms with Gasteiger partial charge in [-0.2, -0.15) is 5.26 Å². The number of aryl methyl sites for hydroxylation is 3. The van der Waals surface area contributed by atoms with E-state index in [1.54, 1.807) is 39.0 Å². The Labute approximate surface area is 269 Å². The zero-order valence-electron chi connectivity index (χ0n) is 24.5. The van der Waals surface area contributed by atoms with Gasteiger partial charge in [-0.15, -0.1) is 11.3 Å². The predicted octanol–water partition coefficient (Wildman–Crippen LogP) is 7.24. The lowest BCUT2D eigenvalue weighted by atomic mass is 10.0. The number of aromatic nitrogens is 4. The van der Waals surface area contributed by atoms with Crippen LogP contribution in [0.3, 0.4) is 0 Å². The van der Waals surface area contributed by atoms with E-state index in [0.29, 0.717) is 43.6 Å². The van der Waals surface area contributed by atoms with E-state index < -0.39 is 28.7 Å². The first-order valence-corrected chi connectivity index (χ1v) is 15.1. The third-order valence-corrected chi connectivity index (χ3v) is 8.70. The molecule has 6 aromatic rings. The highest BCUT2D eigenvalue weighted by molar-refractivity contribution is 7.18. The van der Waals surface area contributed by atoms with Crippen molar-refractivity contribution in [3.05, 3.63) is 103 Å². The van der Waals surface area contributed by atoms with Crippen LogP contribution in [0.15, 0.2) is 52.6 Å². The summed E-state index contributed by atoms with van der Waals surface area (Å²) in [5.74, 6) is -2.17. The van der Waals surface area contributed by atoms with E-state index in [-0.39, 0.29) is 46.6 Å². The van der Waals surface area contributed by atoms with Gasteiger partial charge in [-0.05, 0) is 57.2 Å². The standard InChI is InChI=1S/C33H22ClF2N5O4S/c1-15-11-20(31-30(38-15)22(14-46-31)33(43)44)19-12-18(34)7-8-25(19)45-10-9-41-17(3)40-28-16(2)39-29(21(13-37)26(28)32(41)42)27-23(35)5-4-6-24(27)36/h4-8,11-12,14H,9-10H2,1-3H3,(H,43,44). The van der Waals surface area contributed by atoms with Gasteiger partial charge in [-0.3, -0.25) is 14.3 Å². The lowest BCUT2D eigenvalue weighted by Crippen LogP contribution is -2.28. The van der Waals surface area contributed by atoms with Crippen molar-refractivity contribution in [3.8, 4) is 34.2 Å². The normalized spacial score (nSPS) is 11.2. The molecular weight excluding hydrogens is 636 g/mol. The molecule has 13 heteroatoms. The van der Waals surface area contributed by atoms with Crippen molar-refractivity contribution in [2.45, 2.75) is 27.3 Å². The van der Waals surface area contributed by atoms with Crippen LogP contribution in [0.5, 0.6) is 5.75 Å². The number of hydrogen-bond acceptors (Lipinski definition) is 8. The smallest absolute Gasteiger partial charge is 0.338 e. The molecule has 0 saturated carbocycles. The number of pyridine rings is 2. The van der Waals surface area contributed by atoms with Crippen molar-refractivity contribution in [1.82, 2.24) is 19.5 Å². The molecule has 0 radical (unpaired) electrons. The molecule has 0 bridgehead atoms. The summed E-state index contributed by atoms with van der Waals surface area (Å²) in [7, 11) is 0. The number of thiophene rings is 1. The number of nitriles is 1. The Balaban J connectivity index is 1.40. The summed E-state index contributed by atoms with van der Waals surface area (Å²) >= 11 is 7.61. The van der Waals surface area contributed by atoms with Crippen molar-refractivity contribution in [1.29, 1.82) is 5.26 Å². The highest BCUT2D eigenvalue weighted by atomic mass is 35.5. The van der Waals surface area contributed by atoms with E-state index in [0.717, 1.165) is 12.1 Å². The van der Waals surface area contributed by atoms with E-state index in [4.69, 9.17) is 16.3 Å². The molecule has 4 heterocycles. The van der Waals surface area contributed by atoms with Crippen molar-refractivity contribution >= 4 is 50.0 Å². The molecule has 230 valence electrons. The molecular formula is C33H22ClF2N5O4S. The zero-order chi connectivity index (χ0) is 32.9. The van der Waals surface area contributed by atoms with Gasteiger partial charge < -0.3 is 9.84 Å². The van der Waals surface area contributed by atoms with Crippen LogP contribution in [0.25, 0.3) is 43.5 Å². The van der Waals surface area contributed by atoms with Crippen LogP contribution in [0.2, 0.25) is 5.02 Å². The van der Waals surface area contributed by atoms with Crippen molar-refractivity contribution in [2.75, 3.05) is 6.61 Å². The van der Waals surface area contributed by atoms with E-state index in [1.807, 2.05) is 12.1 Å². The quantitative estimate of drug-likeness (QED) is 0.190. The van der Waals surface area contributed by atoms with Crippen LogP contribution in [0.1, 0.15) is 33.1 Å². The number of carboxylic acid groups (broad SMARTS) is 1. The molecule has 0 unspecified atom stereocenters. The summed E-state index contributed by atoms with van der Waals surface area (Å²) in [6.07, 6.45) is 0. The number of halogens is 3. The fraction of sp³-hybridized carbons (Fsp3) is 0.152. The number of hydrogen-bond donors (Lipinski definition) is 1. The Hall–Kier alpha value is -5.25. The van der Waals surface area contributed by atoms with Crippen molar-refractivity contribution in [2.24, 2.45) is 0 Å². The molecule has 9 nitrogen and oxygen atoms in total. The molecule has 0 aliphatic carbocycles. The van der Waals surface area contributed by atoms with Crippen molar-refractivity contribution < 1.29 is 23.4 Å². The van der Waals surface area contributed by atoms with Gasteiger partial charge in [0, 0.05) is 27.2 Å². The van der Waals surface area contributed by atoms with E-state index in [2.05, 4.69) is 15.0 Å². The van der Waals surface area contributed by atoms with Crippen LogP contribution >= 0.6 is 22.9 Å². The molecule has 0 aliphatic rings. The molecule has 0 fully saturated rings. The van der Waals surface area contributed by atoms with Gasteiger partial charge >= 0.3 is 5.97 Å². The van der Waals surface area contributed by atoms with Gasteiger partial charge in [0.25, 0.3) is 5.56 Å². The minimum atomic E-state index is -1.08. The molecule has 0 atom stereocenters. The Bertz CT molecular complexity index is 2330. The fourth-order valence-corrected chi connectivity index (χ4v) is 6.58. The predicted molar refractivity (Wildman–Crippen MR) is 171 cm³/mol. The van der Waals surface area contributed by atoms with Crippen molar-refractivity contribution in [3.63, 3.8) is 0 Å². The number of aromatic carboxylic acids is 1. The van der Waals surface area contributed by atoms with Gasteiger partial charge in [0.2, 0.25) is 0 Å². The summed E-state index contributed by atoms with van der Waals surface area (Å²) in [6, 6.07) is 12.1. The molecule has 0 amide bonds. The zero-order valence-corrected chi connectivity index (χ0v) is 26.1. The Morgan fingerprint density at radius 3 is 2.50 bits per heavy atom. The topological polar surface area (TPSA) is 131 Å². The highest BCUT2D eigenvalue weighted by Gasteiger charge is 2.24. The molecule has 6 rings (SSSR count). The van der Waals surface area contributed by atoms with E-state index >= 15 is 0 Å². The van der Waals surface area contributed by atoms with E-state index in [1.165, 1.54) is 27.4 Å². The second-order valence-corrected chi connectivity index (χ2v) is 11.7. The maximum atomic E-state index is 14.7. The van der Waals surface area contributed by atoms with Gasteiger partial charge in [0.15, 0.2) is 0 Å². The molecule has 2 aromatic carbocycles. The Morgan fingerprint density at radius 1 is 1.07 bits per heavy atom. The molecule has 0 aliphatic heterocycles. The average molecular weight is 658 g/mol. The first-order valence-electron chi connectivity index (χ1n) is 13.8. The second kappa shape index (κ2) is 11.9. The van der Waals surface area contributed by atoms with Gasteiger partial charge in [-0.1, -0.05) is 17.7 Å². The number of carboxylic acids is 1. The monoisotopic (exact) mass is 657 g/mol. The van der Waals surface area contributed by atoms with Gasteiger partial charge in [0.1, 0.15) is 41.4 Å². The third-order valence-electron chi connectivity index (χ3n) is 7.47. The van der Waals surface area contributed by atoms with Gasteiger partial charge in [0.05, 0.1) is 50.2 Å². The number of rotatable bonds is 7. The van der Waals surface area contributed by atoms with Crippen LogP contribution < -0.4 is 10.3 Å².